The van der Waals surface area contributed by atoms with Gasteiger partial charge in [0.25, 0.3) is 5.91 Å². The van der Waals surface area contributed by atoms with Crippen molar-refractivity contribution in [3.05, 3.63) is 29.1 Å². The van der Waals surface area contributed by atoms with Crippen LogP contribution in [0.15, 0.2) is 12.1 Å². The van der Waals surface area contributed by atoms with Crippen LogP contribution in [0.2, 0.25) is 0 Å². The number of alkyl halides is 3. The minimum atomic E-state index is -5.08. The van der Waals surface area contributed by atoms with Gasteiger partial charge in [-0.2, -0.15) is 13.2 Å². The predicted molar refractivity (Wildman–Crippen MR) is 94.9 cm³/mol. The number of ether oxygens (including phenoxy) is 1. The van der Waals surface area contributed by atoms with E-state index in [0.717, 1.165) is 49.5 Å². The summed E-state index contributed by atoms with van der Waals surface area (Å²) in [6, 6.07) is 3.78. The second-order valence-electron chi connectivity index (χ2n) is 7.19. The molecule has 6 nitrogen and oxygen atoms in total. The van der Waals surface area contributed by atoms with Crippen LogP contribution in [0.3, 0.4) is 0 Å². The SMILES string of the molecule is CC[C@@H]1OC[C@H]2CN(C(=O)c3cc(C)nc(C)c3)CC[C@H]21.O=C(O)C(F)(F)F. The van der Waals surface area contributed by atoms with E-state index in [1.165, 1.54) is 0 Å². The summed E-state index contributed by atoms with van der Waals surface area (Å²) in [5.41, 5.74) is 2.58. The van der Waals surface area contributed by atoms with E-state index in [-0.39, 0.29) is 5.91 Å². The van der Waals surface area contributed by atoms with E-state index >= 15 is 0 Å². The Hall–Kier alpha value is -2.16. The summed E-state index contributed by atoms with van der Waals surface area (Å²) in [5.74, 6) is -1.47. The number of nitrogens with zero attached hydrogens (tertiary/aromatic N) is 2. The van der Waals surface area contributed by atoms with Gasteiger partial charge in [0.1, 0.15) is 0 Å². The number of rotatable bonds is 2. The van der Waals surface area contributed by atoms with Gasteiger partial charge in [0.15, 0.2) is 0 Å². The highest BCUT2D eigenvalue weighted by molar-refractivity contribution is 5.94. The Bertz CT molecular complexity index is 703. The molecule has 0 radical (unpaired) electrons. The highest BCUT2D eigenvalue weighted by Crippen LogP contribution is 2.36. The first kappa shape index (κ1) is 22.1. The molecule has 0 spiro atoms. The number of carboxylic acids is 1. The molecule has 1 aromatic rings. The summed E-state index contributed by atoms with van der Waals surface area (Å²) in [6.45, 7) is 8.55. The summed E-state index contributed by atoms with van der Waals surface area (Å²) in [5, 5.41) is 7.12. The Morgan fingerprint density at radius 1 is 1.29 bits per heavy atom. The third kappa shape index (κ3) is 5.43. The largest absolute Gasteiger partial charge is 0.490 e. The summed E-state index contributed by atoms with van der Waals surface area (Å²) >= 11 is 0. The number of halogens is 3. The average molecular weight is 402 g/mol. The van der Waals surface area contributed by atoms with E-state index in [4.69, 9.17) is 14.6 Å². The van der Waals surface area contributed by atoms with Crippen molar-refractivity contribution in [2.45, 2.75) is 45.9 Å². The van der Waals surface area contributed by atoms with Gasteiger partial charge in [-0.05, 0) is 44.7 Å². The zero-order valence-electron chi connectivity index (χ0n) is 16.1. The van der Waals surface area contributed by atoms with E-state index in [9.17, 15) is 18.0 Å². The lowest BCUT2D eigenvalue weighted by molar-refractivity contribution is -0.192. The molecule has 1 aromatic heterocycles. The van der Waals surface area contributed by atoms with Crippen molar-refractivity contribution >= 4 is 11.9 Å². The third-order valence-electron chi connectivity index (χ3n) is 5.06. The Morgan fingerprint density at radius 3 is 2.36 bits per heavy atom. The smallest absolute Gasteiger partial charge is 0.475 e. The monoisotopic (exact) mass is 402 g/mol. The van der Waals surface area contributed by atoms with Crippen LogP contribution >= 0.6 is 0 Å². The minimum Gasteiger partial charge on any atom is -0.475 e. The van der Waals surface area contributed by atoms with Crippen molar-refractivity contribution in [2.24, 2.45) is 11.8 Å². The molecule has 3 heterocycles. The topological polar surface area (TPSA) is 79.7 Å². The fraction of sp³-hybridized carbons (Fsp3) is 0.632. The summed E-state index contributed by atoms with van der Waals surface area (Å²) in [7, 11) is 0. The van der Waals surface area contributed by atoms with Gasteiger partial charge in [-0.3, -0.25) is 9.78 Å². The fourth-order valence-corrected chi connectivity index (χ4v) is 3.83. The van der Waals surface area contributed by atoms with Crippen LogP contribution in [0.25, 0.3) is 0 Å². The Kier molecular flexibility index (Phi) is 7.03. The van der Waals surface area contributed by atoms with Gasteiger partial charge in [0.2, 0.25) is 0 Å². The standard InChI is InChI=1S/C17H24N2O2.C2HF3O2/c1-4-16-15-5-6-19(9-14(15)10-21-16)17(20)13-7-11(2)18-12(3)8-13;3-2(4,5)1(6)7/h7-8,14-16H,4-6,9-10H2,1-3H3;(H,6,7)/t14-,15-,16+;/m1./s1. The van der Waals surface area contributed by atoms with Crippen molar-refractivity contribution in [3.8, 4) is 0 Å². The second-order valence-corrected chi connectivity index (χ2v) is 7.19. The minimum absolute atomic E-state index is 0.141. The van der Waals surface area contributed by atoms with Gasteiger partial charge < -0.3 is 14.7 Å². The molecule has 28 heavy (non-hydrogen) atoms. The predicted octanol–water partition coefficient (Wildman–Crippen LogP) is 3.22. The molecular formula is C19H25F3N2O4. The maximum absolute atomic E-state index is 12.7. The van der Waals surface area contributed by atoms with Gasteiger partial charge in [0.05, 0.1) is 12.7 Å². The number of likely N-dealkylation sites (tertiary alicyclic amines) is 1. The van der Waals surface area contributed by atoms with Crippen LogP contribution < -0.4 is 0 Å². The van der Waals surface area contributed by atoms with E-state index in [0.29, 0.717) is 17.9 Å². The molecule has 3 rings (SSSR count). The lowest BCUT2D eigenvalue weighted by Gasteiger charge is -2.35. The fourth-order valence-electron chi connectivity index (χ4n) is 3.83. The molecule has 2 fully saturated rings. The molecule has 9 heteroatoms. The Balaban J connectivity index is 0.000000345. The molecule has 0 unspecified atom stereocenters. The van der Waals surface area contributed by atoms with E-state index in [2.05, 4.69) is 11.9 Å². The van der Waals surface area contributed by atoms with E-state index in [1.54, 1.807) is 0 Å². The van der Waals surface area contributed by atoms with Crippen molar-refractivity contribution in [3.63, 3.8) is 0 Å². The molecule has 1 amide bonds. The lowest BCUT2D eigenvalue weighted by atomic mass is 9.83. The number of hydrogen-bond donors (Lipinski definition) is 1. The average Bonchev–Trinajstić information content (AvgIpc) is 3.02. The number of carbonyl (C=O) groups excluding carboxylic acids is 1. The number of pyridine rings is 1. The normalized spacial score (nSPS) is 24.2. The van der Waals surface area contributed by atoms with Crippen molar-refractivity contribution in [1.82, 2.24) is 9.88 Å². The number of amides is 1. The lowest BCUT2D eigenvalue weighted by Crippen LogP contribution is -2.44. The maximum atomic E-state index is 12.7. The van der Waals surface area contributed by atoms with Crippen LogP contribution in [0.1, 0.15) is 41.5 Å². The number of aliphatic carboxylic acids is 1. The molecule has 156 valence electrons. The summed E-state index contributed by atoms with van der Waals surface area (Å²) < 4.78 is 37.6. The number of piperidine rings is 1. The molecule has 0 aliphatic carbocycles. The van der Waals surface area contributed by atoms with Crippen molar-refractivity contribution in [1.29, 1.82) is 0 Å². The number of carbonyl (C=O) groups is 2. The van der Waals surface area contributed by atoms with Gasteiger partial charge in [-0.25, -0.2) is 4.79 Å². The van der Waals surface area contributed by atoms with E-state index in [1.807, 2.05) is 30.9 Å². The van der Waals surface area contributed by atoms with Crippen LogP contribution in [-0.2, 0) is 9.53 Å². The second kappa shape index (κ2) is 8.89. The first-order valence-corrected chi connectivity index (χ1v) is 9.19. The quantitative estimate of drug-likeness (QED) is 0.822. The first-order chi connectivity index (χ1) is 13.0. The van der Waals surface area contributed by atoms with Gasteiger partial charge in [0, 0.05) is 36.0 Å². The number of carboxylic acid groups (broad SMARTS) is 1. The molecule has 2 aliphatic heterocycles. The number of aryl methyl sites for hydroxylation is 2. The molecule has 3 atom stereocenters. The molecule has 0 saturated carbocycles. The molecule has 0 bridgehead atoms. The summed E-state index contributed by atoms with van der Waals surface area (Å²) in [4.78, 5) is 27.9. The van der Waals surface area contributed by atoms with Crippen molar-refractivity contribution < 1.29 is 32.6 Å². The van der Waals surface area contributed by atoms with Crippen molar-refractivity contribution in [2.75, 3.05) is 19.7 Å². The maximum Gasteiger partial charge on any atom is 0.490 e. The first-order valence-electron chi connectivity index (χ1n) is 9.19. The van der Waals surface area contributed by atoms with Gasteiger partial charge >= 0.3 is 12.1 Å². The third-order valence-corrected chi connectivity index (χ3v) is 5.06. The highest BCUT2D eigenvalue weighted by atomic mass is 19.4. The number of hydrogen-bond acceptors (Lipinski definition) is 4. The van der Waals surface area contributed by atoms with Crippen LogP contribution in [0, 0.1) is 25.7 Å². The van der Waals surface area contributed by atoms with Crippen LogP contribution in [0.4, 0.5) is 13.2 Å². The summed E-state index contributed by atoms with van der Waals surface area (Å²) in [6.07, 6.45) is -2.53. The molecule has 1 N–H and O–H groups in total. The highest BCUT2D eigenvalue weighted by Gasteiger charge is 2.41. The van der Waals surface area contributed by atoms with Crippen LogP contribution in [-0.4, -0.2) is 58.8 Å². The Morgan fingerprint density at radius 2 is 1.86 bits per heavy atom. The zero-order valence-corrected chi connectivity index (χ0v) is 16.1. The molecular weight excluding hydrogens is 377 g/mol. The number of aromatic nitrogens is 1. The molecule has 0 aromatic carbocycles. The Labute approximate surface area is 161 Å². The van der Waals surface area contributed by atoms with Crippen LogP contribution in [0.5, 0.6) is 0 Å². The number of fused-ring (bicyclic) bond motifs is 1. The van der Waals surface area contributed by atoms with Gasteiger partial charge in [-0.1, -0.05) is 6.92 Å². The van der Waals surface area contributed by atoms with E-state index < -0.39 is 12.1 Å². The zero-order chi connectivity index (χ0) is 21.1. The molecule has 2 saturated heterocycles. The molecule has 2 aliphatic rings. The van der Waals surface area contributed by atoms with Gasteiger partial charge in [-0.15, -0.1) is 0 Å².